The number of benzene rings is 2. The third kappa shape index (κ3) is 8.36. The van der Waals surface area contributed by atoms with Crippen molar-refractivity contribution in [1.29, 1.82) is 0 Å². The number of amides is 4. The molecule has 8 N–H and O–H groups in total. The molecule has 11 heteroatoms. The lowest BCUT2D eigenvalue weighted by molar-refractivity contribution is -0.131. The van der Waals surface area contributed by atoms with Crippen LogP contribution >= 0.6 is 0 Å². The molecule has 0 spiro atoms. The quantitative estimate of drug-likeness (QED) is 0.250. The predicted octanol–water partition coefficient (Wildman–Crippen LogP) is -1.69. The number of phenols is 1. The molecule has 1 aliphatic heterocycles. The fraction of sp³-hybridized carbons (Fsp3) is 0.360. The van der Waals surface area contributed by atoms with Gasteiger partial charge in [-0.1, -0.05) is 42.5 Å². The minimum absolute atomic E-state index is 0.0778. The van der Waals surface area contributed by atoms with Crippen molar-refractivity contribution in [3.05, 3.63) is 65.7 Å². The molecule has 11 nitrogen and oxygen atoms in total. The number of carbonyl (C=O) groups is 4. The molecule has 1 aliphatic rings. The van der Waals surface area contributed by atoms with Gasteiger partial charge in [-0.2, -0.15) is 0 Å². The van der Waals surface area contributed by atoms with Gasteiger partial charge in [0.25, 0.3) is 0 Å². The molecule has 1 saturated heterocycles. The van der Waals surface area contributed by atoms with E-state index in [0.29, 0.717) is 13.0 Å². The lowest BCUT2D eigenvalue weighted by Gasteiger charge is -2.21. The van der Waals surface area contributed by atoms with Crippen LogP contribution in [0.25, 0.3) is 0 Å². The summed E-state index contributed by atoms with van der Waals surface area (Å²) in [4.78, 5) is 50.6. The first-order chi connectivity index (χ1) is 17.3. The van der Waals surface area contributed by atoms with Crippen LogP contribution in [-0.4, -0.2) is 73.0 Å². The van der Waals surface area contributed by atoms with Gasteiger partial charge in [-0.25, -0.2) is 0 Å². The van der Waals surface area contributed by atoms with E-state index in [1.807, 2.05) is 30.3 Å². The molecule has 2 aromatic carbocycles. The molecule has 1 unspecified atom stereocenters. The van der Waals surface area contributed by atoms with Crippen molar-refractivity contribution in [2.45, 2.75) is 31.0 Å². The highest BCUT2D eigenvalue weighted by atomic mass is 16.3. The summed E-state index contributed by atoms with van der Waals surface area (Å²) in [5.41, 5.74) is 7.66. The van der Waals surface area contributed by atoms with Gasteiger partial charge in [-0.3, -0.25) is 19.2 Å². The number of hydrogen-bond acceptors (Lipinski definition) is 7. The van der Waals surface area contributed by atoms with Gasteiger partial charge in [-0.05, 0) is 29.7 Å². The summed E-state index contributed by atoms with van der Waals surface area (Å²) < 4.78 is 0. The highest BCUT2D eigenvalue weighted by Crippen LogP contribution is 2.11. The Kier molecular flexibility index (Phi) is 9.78. The van der Waals surface area contributed by atoms with Gasteiger partial charge in [0.05, 0.1) is 12.6 Å². The van der Waals surface area contributed by atoms with E-state index in [1.165, 1.54) is 12.1 Å². The number of phenolic OH excluding ortho intramolecular Hbond substituents is 1. The maximum atomic E-state index is 12.8. The zero-order valence-electron chi connectivity index (χ0n) is 19.8. The summed E-state index contributed by atoms with van der Waals surface area (Å²) in [6, 6.07) is 12.9. The first kappa shape index (κ1) is 26.6. The van der Waals surface area contributed by atoms with Gasteiger partial charge in [0.15, 0.2) is 0 Å². The Morgan fingerprint density at radius 3 is 2.42 bits per heavy atom. The Hall–Kier alpha value is -3.96. The van der Waals surface area contributed by atoms with E-state index >= 15 is 0 Å². The van der Waals surface area contributed by atoms with Crippen LogP contribution in [0, 0.1) is 0 Å². The standard InChI is InChI=1S/C25H32N6O5/c26-19(12-17-6-8-18(32)9-7-17)23(34)31-21-14-27-10-11-28-24(35)20(13-16-4-2-1-3-5-16)30-22(33)15-29-25(21)36/h1-9,19-21,27,32H,10-15,26H2,(H,28,35)(H,29,36)(H,30,33)(H,31,34)/t19-,20-,21?/m0/s1. The second-order valence-corrected chi connectivity index (χ2v) is 8.56. The van der Waals surface area contributed by atoms with Gasteiger partial charge in [0, 0.05) is 26.1 Å². The van der Waals surface area contributed by atoms with Gasteiger partial charge in [0.1, 0.15) is 17.8 Å². The smallest absolute Gasteiger partial charge is 0.244 e. The molecule has 0 radical (unpaired) electrons. The average molecular weight is 497 g/mol. The monoisotopic (exact) mass is 496 g/mol. The van der Waals surface area contributed by atoms with Crippen molar-refractivity contribution in [2.75, 3.05) is 26.2 Å². The molecule has 1 heterocycles. The normalized spacial score (nSPS) is 20.4. The molecule has 3 atom stereocenters. The van der Waals surface area contributed by atoms with E-state index < -0.39 is 35.8 Å². The SMILES string of the molecule is N[C@@H](Cc1ccc(O)cc1)C(=O)NC1CNCCNC(=O)[C@H](Cc2ccccc2)NC(=O)CNC1=O. The molecule has 36 heavy (non-hydrogen) atoms. The van der Waals surface area contributed by atoms with Crippen molar-refractivity contribution < 1.29 is 24.3 Å². The molecule has 3 rings (SSSR count). The van der Waals surface area contributed by atoms with Gasteiger partial charge in [0.2, 0.25) is 23.6 Å². The van der Waals surface area contributed by atoms with Gasteiger partial charge < -0.3 is 37.4 Å². The second-order valence-electron chi connectivity index (χ2n) is 8.56. The Morgan fingerprint density at radius 1 is 0.972 bits per heavy atom. The van der Waals surface area contributed by atoms with Crippen LogP contribution in [0.3, 0.4) is 0 Å². The molecule has 192 valence electrons. The van der Waals surface area contributed by atoms with Crippen LogP contribution < -0.4 is 32.3 Å². The molecular weight excluding hydrogens is 464 g/mol. The Balaban J connectivity index is 1.60. The summed E-state index contributed by atoms with van der Waals surface area (Å²) in [5.74, 6) is -1.84. The van der Waals surface area contributed by atoms with E-state index in [4.69, 9.17) is 5.73 Å². The van der Waals surface area contributed by atoms with E-state index in [9.17, 15) is 24.3 Å². The first-order valence-electron chi connectivity index (χ1n) is 11.7. The molecule has 4 amide bonds. The molecule has 0 bridgehead atoms. The largest absolute Gasteiger partial charge is 0.508 e. The van der Waals surface area contributed by atoms with E-state index in [2.05, 4.69) is 26.6 Å². The Labute approximate surface area is 209 Å². The summed E-state index contributed by atoms with van der Waals surface area (Å²) in [6.07, 6.45) is 0.516. The summed E-state index contributed by atoms with van der Waals surface area (Å²) in [6.45, 7) is 0.331. The number of aromatic hydroxyl groups is 1. The van der Waals surface area contributed by atoms with Crippen molar-refractivity contribution in [3.8, 4) is 5.75 Å². The fourth-order valence-corrected chi connectivity index (χ4v) is 3.71. The molecule has 0 saturated carbocycles. The average Bonchev–Trinajstić information content (AvgIpc) is 2.88. The summed E-state index contributed by atoms with van der Waals surface area (Å²) in [5, 5.41) is 23.0. The number of hydrogen-bond donors (Lipinski definition) is 7. The Bertz CT molecular complexity index is 1050. The maximum absolute atomic E-state index is 12.8. The molecule has 0 aromatic heterocycles. The van der Waals surface area contributed by atoms with E-state index in [0.717, 1.165) is 11.1 Å². The third-order valence-electron chi connectivity index (χ3n) is 5.67. The fourth-order valence-electron chi connectivity index (χ4n) is 3.71. The van der Waals surface area contributed by atoms with Crippen molar-refractivity contribution in [3.63, 3.8) is 0 Å². The lowest BCUT2D eigenvalue weighted by atomic mass is 10.1. The highest BCUT2D eigenvalue weighted by Gasteiger charge is 2.26. The second kappa shape index (κ2) is 13.2. The van der Waals surface area contributed by atoms with Crippen LogP contribution in [0.5, 0.6) is 5.75 Å². The minimum atomic E-state index is -0.979. The third-order valence-corrected chi connectivity index (χ3v) is 5.67. The number of carbonyl (C=O) groups excluding carboxylic acids is 4. The summed E-state index contributed by atoms with van der Waals surface area (Å²) >= 11 is 0. The number of nitrogens with two attached hydrogens (primary N) is 1. The highest BCUT2D eigenvalue weighted by molar-refractivity contribution is 5.93. The maximum Gasteiger partial charge on any atom is 0.244 e. The first-order valence-corrected chi connectivity index (χ1v) is 11.7. The van der Waals surface area contributed by atoms with Crippen molar-refractivity contribution in [1.82, 2.24) is 26.6 Å². The van der Waals surface area contributed by atoms with Crippen LogP contribution in [0.4, 0.5) is 0 Å². The van der Waals surface area contributed by atoms with Crippen LogP contribution in [-0.2, 0) is 32.0 Å². The van der Waals surface area contributed by atoms with Crippen molar-refractivity contribution in [2.24, 2.45) is 5.73 Å². The topological polar surface area (TPSA) is 175 Å². The van der Waals surface area contributed by atoms with Crippen LogP contribution in [0.1, 0.15) is 11.1 Å². The van der Waals surface area contributed by atoms with Gasteiger partial charge in [-0.15, -0.1) is 0 Å². The van der Waals surface area contributed by atoms with E-state index in [-0.39, 0.29) is 37.7 Å². The Morgan fingerprint density at radius 2 is 1.69 bits per heavy atom. The predicted molar refractivity (Wildman–Crippen MR) is 133 cm³/mol. The minimum Gasteiger partial charge on any atom is -0.508 e. The molecular formula is C25H32N6O5. The van der Waals surface area contributed by atoms with Crippen LogP contribution in [0.15, 0.2) is 54.6 Å². The lowest BCUT2D eigenvalue weighted by Crippen LogP contribution is -2.56. The zero-order valence-corrected chi connectivity index (χ0v) is 19.8. The zero-order chi connectivity index (χ0) is 25.9. The number of rotatable bonds is 6. The summed E-state index contributed by atoms with van der Waals surface area (Å²) in [7, 11) is 0. The van der Waals surface area contributed by atoms with Crippen LogP contribution in [0.2, 0.25) is 0 Å². The molecule has 1 fully saturated rings. The van der Waals surface area contributed by atoms with E-state index in [1.54, 1.807) is 12.1 Å². The number of nitrogens with one attached hydrogen (secondary N) is 5. The van der Waals surface area contributed by atoms with Crippen molar-refractivity contribution >= 4 is 23.6 Å². The van der Waals surface area contributed by atoms with Gasteiger partial charge >= 0.3 is 0 Å². The molecule has 2 aromatic rings. The molecule has 0 aliphatic carbocycles.